The second-order valence-electron chi connectivity index (χ2n) is 6.72. The van der Waals surface area contributed by atoms with Crippen LogP contribution >= 0.6 is 11.6 Å². The molecule has 0 aliphatic rings. The highest BCUT2D eigenvalue weighted by Crippen LogP contribution is 2.31. The first-order valence-corrected chi connectivity index (χ1v) is 13.3. The molecule has 0 aromatic heterocycles. The molecule has 3 aromatic carbocycles. The van der Waals surface area contributed by atoms with Crippen LogP contribution in [0.4, 0.5) is 11.4 Å². The monoisotopic (exact) mass is 510 g/mol. The molecule has 0 heterocycles. The van der Waals surface area contributed by atoms with E-state index in [-0.39, 0.29) is 15.5 Å². The van der Waals surface area contributed by atoms with Crippen molar-refractivity contribution in [1.82, 2.24) is 0 Å². The van der Waals surface area contributed by atoms with Crippen molar-refractivity contribution in [3.8, 4) is 11.5 Å². The third-order valence-corrected chi connectivity index (χ3v) is 7.33. The van der Waals surface area contributed by atoms with Crippen LogP contribution in [0.1, 0.15) is 13.8 Å². The van der Waals surface area contributed by atoms with Gasteiger partial charge in [0.05, 0.1) is 28.7 Å². The minimum absolute atomic E-state index is 0.0197. The zero-order valence-electron chi connectivity index (χ0n) is 17.9. The molecule has 176 valence electrons. The lowest BCUT2D eigenvalue weighted by Crippen LogP contribution is -2.15. The van der Waals surface area contributed by atoms with Gasteiger partial charge in [-0.2, -0.15) is 0 Å². The molecule has 0 atom stereocenters. The standard InChI is InChI=1S/C22H23ClN2O6S2/c1-3-30-21-13-12-20(15-22(21)31-4-2)33(28,29)24-17-8-10-19(11-9-17)32(26,27)25-18-7-5-6-16(23)14-18/h5-15,24-25H,3-4H2,1-2H3. The van der Waals surface area contributed by atoms with Gasteiger partial charge in [0.25, 0.3) is 20.0 Å². The second-order valence-corrected chi connectivity index (χ2v) is 10.5. The molecule has 11 heteroatoms. The van der Waals surface area contributed by atoms with E-state index in [4.69, 9.17) is 21.1 Å². The maximum atomic E-state index is 12.8. The van der Waals surface area contributed by atoms with Crippen molar-refractivity contribution >= 4 is 43.0 Å². The molecule has 0 radical (unpaired) electrons. The van der Waals surface area contributed by atoms with Crippen molar-refractivity contribution in [3.05, 3.63) is 71.8 Å². The van der Waals surface area contributed by atoms with Gasteiger partial charge in [0.1, 0.15) is 0 Å². The van der Waals surface area contributed by atoms with Crippen molar-refractivity contribution in [2.75, 3.05) is 22.7 Å². The number of nitrogens with one attached hydrogen (secondary N) is 2. The Morgan fingerprint density at radius 2 is 1.27 bits per heavy atom. The summed E-state index contributed by atoms with van der Waals surface area (Å²) in [4.78, 5) is -0.0566. The number of hydrogen-bond acceptors (Lipinski definition) is 6. The van der Waals surface area contributed by atoms with Gasteiger partial charge >= 0.3 is 0 Å². The lowest BCUT2D eigenvalue weighted by molar-refractivity contribution is 0.287. The van der Waals surface area contributed by atoms with Gasteiger partial charge in [-0.15, -0.1) is 0 Å². The minimum Gasteiger partial charge on any atom is -0.490 e. The zero-order valence-corrected chi connectivity index (χ0v) is 20.3. The van der Waals surface area contributed by atoms with E-state index in [9.17, 15) is 16.8 Å². The van der Waals surface area contributed by atoms with Crippen molar-refractivity contribution in [2.24, 2.45) is 0 Å². The van der Waals surface area contributed by atoms with Crippen molar-refractivity contribution in [2.45, 2.75) is 23.6 Å². The summed E-state index contributed by atoms with van der Waals surface area (Å²) in [6.45, 7) is 4.35. The maximum absolute atomic E-state index is 12.8. The number of sulfonamides is 2. The lowest BCUT2D eigenvalue weighted by Gasteiger charge is -2.14. The Bertz CT molecular complexity index is 1330. The summed E-state index contributed by atoms with van der Waals surface area (Å²) in [6, 6.07) is 15.9. The molecule has 0 saturated carbocycles. The second kappa shape index (κ2) is 10.3. The van der Waals surface area contributed by atoms with Crippen molar-refractivity contribution in [1.29, 1.82) is 0 Å². The number of hydrogen-bond donors (Lipinski definition) is 2. The smallest absolute Gasteiger partial charge is 0.262 e. The summed E-state index contributed by atoms with van der Waals surface area (Å²) < 4.78 is 66.7. The molecular weight excluding hydrogens is 488 g/mol. The third kappa shape index (κ3) is 6.31. The Kier molecular flexibility index (Phi) is 7.72. The summed E-state index contributed by atoms with van der Waals surface area (Å²) in [5.41, 5.74) is 0.511. The minimum atomic E-state index is -3.95. The van der Waals surface area contributed by atoms with Crippen LogP contribution in [0.2, 0.25) is 5.02 Å². The molecule has 2 N–H and O–H groups in total. The SMILES string of the molecule is CCOc1ccc(S(=O)(=O)Nc2ccc(S(=O)(=O)Nc3cccc(Cl)c3)cc2)cc1OCC. The highest BCUT2D eigenvalue weighted by atomic mass is 35.5. The molecule has 0 amide bonds. The van der Waals surface area contributed by atoms with Gasteiger partial charge in [-0.25, -0.2) is 16.8 Å². The van der Waals surface area contributed by atoms with E-state index < -0.39 is 20.0 Å². The van der Waals surface area contributed by atoms with Crippen LogP contribution in [0.25, 0.3) is 0 Å². The van der Waals surface area contributed by atoms with Gasteiger partial charge in [0, 0.05) is 16.8 Å². The predicted octanol–water partition coefficient (Wildman–Crippen LogP) is 4.74. The van der Waals surface area contributed by atoms with Crippen LogP contribution in [-0.2, 0) is 20.0 Å². The van der Waals surface area contributed by atoms with E-state index in [2.05, 4.69) is 9.44 Å². The van der Waals surface area contributed by atoms with E-state index in [0.29, 0.717) is 35.4 Å². The van der Waals surface area contributed by atoms with Gasteiger partial charge in [-0.1, -0.05) is 17.7 Å². The van der Waals surface area contributed by atoms with E-state index in [0.717, 1.165) is 0 Å². The molecule has 8 nitrogen and oxygen atoms in total. The molecule has 0 saturated heterocycles. The average molecular weight is 511 g/mol. The van der Waals surface area contributed by atoms with Crippen molar-refractivity contribution < 1.29 is 26.3 Å². The summed E-state index contributed by atoms with van der Waals surface area (Å²) >= 11 is 5.89. The van der Waals surface area contributed by atoms with Gasteiger partial charge < -0.3 is 9.47 Å². The summed E-state index contributed by atoms with van der Waals surface area (Å²) in [6.07, 6.45) is 0. The molecule has 0 spiro atoms. The third-order valence-electron chi connectivity index (χ3n) is 4.32. The fourth-order valence-corrected chi connectivity index (χ4v) is 5.19. The molecule has 0 bridgehead atoms. The Morgan fingerprint density at radius 3 is 1.91 bits per heavy atom. The number of rotatable bonds is 10. The Balaban J connectivity index is 1.79. The van der Waals surface area contributed by atoms with E-state index in [1.807, 2.05) is 6.92 Å². The van der Waals surface area contributed by atoms with E-state index in [1.54, 1.807) is 25.1 Å². The van der Waals surface area contributed by atoms with Crippen LogP contribution in [-0.4, -0.2) is 30.0 Å². The molecule has 0 aliphatic carbocycles. The quantitative estimate of drug-likeness (QED) is 0.407. The number of benzene rings is 3. The molecule has 3 aromatic rings. The van der Waals surface area contributed by atoms with Crippen LogP contribution in [0.3, 0.4) is 0 Å². The van der Waals surface area contributed by atoms with Crippen LogP contribution in [0, 0.1) is 0 Å². The van der Waals surface area contributed by atoms with Crippen LogP contribution < -0.4 is 18.9 Å². The zero-order chi connectivity index (χ0) is 24.1. The maximum Gasteiger partial charge on any atom is 0.262 e. The number of anilines is 2. The average Bonchev–Trinajstić information content (AvgIpc) is 2.75. The molecule has 0 aliphatic heterocycles. The van der Waals surface area contributed by atoms with Crippen molar-refractivity contribution in [3.63, 3.8) is 0 Å². The topological polar surface area (TPSA) is 111 Å². The molecule has 3 rings (SSSR count). The number of halogens is 1. The summed E-state index contributed by atoms with van der Waals surface area (Å²) in [7, 11) is -7.83. The Morgan fingerprint density at radius 1 is 0.697 bits per heavy atom. The highest BCUT2D eigenvalue weighted by molar-refractivity contribution is 7.93. The fourth-order valence-electron chi connectivity index (χ4n) is 2.88. The normalized spacial score (nSPS) is 11.6. The first-order chi connectivity index (χ1) is 15.6. The van der Waals surface area contributed by atoms with Crippen LogP contribution in [0.15, 0.2) is 76.5 Å². The summed E-state index contributed by atoms with van der Waals surface area (Å²) in [5.74, 6) is 0.760. The largest absolute Gasteiger partial charge is 0.490 e. The molecule has 0 unspecified atom stereocenters. The van der Waals surface area contributed by atoms with Gasteiger partial charge in [0.2, 0.25) is 0 Å². The molecule has 0 fully saturated rings. The fraction of sp³-hybridized carbons (Fsp3) is 0.182. The van der Waals surface area contributed by atoms with Gasteiger partial charge in [0.15, 0.2) is 11.5 Å². The number of ether oxygens (including phenoxy) is 2. The Hall–Kier alpha value is -2.95. The molecular formula is C22H23ClN2O6S2. The predicted molar refractivity (Wildman–Crippen MR) is 128 cm³/mol. The molecule has 33 heavy (non-hydrogen) atoms. The van der Waals surface area contributed by atoms with Gasteiger partial charge in [-0.05, 0) is 68.4 Å². The van der Waals surface area contributed by atoms with E-state index >= 15 is 0 Å². The highest BCUT2D eigenvalue weighted by Gasteiger charge is 2.19. The Labute approximate surface area is 198 Å². The first-order valence-electron chi connectivity index (χ1n) is 9.95. The lowest BCUT2D eigenvalue weighted by atomic mass is 10.3. The van der Waals surface area contributed by atoms with Crippen LogP contribution in [0.5, 0.6) is 11.5 Å². The van der Waals surface area contributed by atoms with E-state index in [1.165, 1.54) is 48.5 Å². The first kappa shape index (κ1) is 24.7. The van der Waals surface area contributed by atoms with Gasteiger partial charge in [-0.3, -0.25) is 9.44 Å². The summed E-state index contributed by atoms with van der Waals surface area (Å²) in [5, 5.41) is 0.390.